The highest BCUT2D eigenvalue weighted by molar-refractivity contribution is 5.78. The van der Waals surface area contributed by atoms with Gasteiger partial charge in [-0.1, -0.05) is 0 Å². The second-order valence-electron chi connectivity index (χ2n) is 5.14. The zero-order valence-corrected chi connectivity index (χ0v) is 10.1. The highest BCUT2D eigenvalue weighted by Crippen LogP contribution is 2.30. The third-order valence-electron chi connectivity index (χ3n) is 3.44. The van der Waals surface area contributed by atoms with E-state index < -0.39 is 0 Å². The highest BCUT2D eigenvalue weighted by Gasteiger charge is 2.31. The van der Waals surface area contributed by atoms with Crippen molar-refractivity contribution in [1.82, 2.24) is 9.80 Å². The highest BCUT2D eigenvalue weighted by atomic mass is 16.3. The molecule has 0 radical (unpaired) electrons. The van der Waals surface area contributed by atoms with Crippen molar-refractivity contribution in [2.24, 2.45) is 5.92 Å². The van der Waals surface area contributed by atoms with Crippen molar-refractivity contribution >= 4 is 5.91 Å². The molecule has 1 amide bonds. The molecule has 0 aromatic carbocycles. The summed E-state index contributed by atoms with van der Waals surface area (Å²) < 4.78 is 0. The predicted molar refractivity (Wildman–Crippen MR) is 62.0 cm³/mol. The van der Waals surface area contributed by atoms with E-state index in [9.17, 15) is 4.79 Å². The first-order valence-electron chi connectivity index (χ1n) is 6.29. The van der Waals surface area contributed by atoms with E-state index in [4.69, 9.17) is 5.11 Å². The van der Waals surface area contributed by atoms with Gasteiger partial charge >= 0.3 is 0 Å². The largest absolute Gasteiger partial charge is 0.395 e. The molecule has 0 saturated heterocycles. The van der Waals surface area contributed by atoms with Gasteiger partial charge in [0.2, 0.25) is 5.91 Å². The Morgan fingerprint density at radius 1 is 1.31 bits per heavy atom. The minimum atomic E-state index is 0.149. The van der Waals surface area contributed by atoms with Gasteiger partial charge in [-0.15, -0.1) is 0 Å². The average molecular weight is 226 g/mol. The summed E-state index contributed by atoms with van der Waals surface area (Å²) in [6.07, 6.45) is 4.92. The van der Waals surface area contributed by atoms with Crippen molar-refractivity contribution in [1.29, 1.82) is 0 Å². The Kier molecular flexibility index (Phi) is 3.82. The maximum Gasteiger partial charge on any atom is 0.236 e. The van der Waals surface area contributed by atoms with E-state index in [1.807, 2.05) is 11.9 Å². The Morgan fingerprint density at radius 2 is 2.00 bits per heavy atom. The number of hydrogen-bond acceptors (Lipinski definition) is 3. The van der Waals surface area contributed by atoms with E-state index >= 15 is 0 Å². The van der Waals surface area contributed by atoms with Crippen molar-refractivity contribution in [3.63, 3.8) is 0 Å². The molecule has 2 saturated carbocycles. The number of rotatable bonds is 7. The molecule has 2 rings (SSSR count). The van der Waals surface area contributed by atoms with E-state index in [1.165, 1.54) is 25.7 Å². The van der Waals surface area contributed by atoms with Crippen molar-refractivity contribution in [2.75, 3.05) is 33.3 Å². The number of amides is 1. The molecule has 16 heavy (non-hydrogen) atoms. The van der Waals surface area contributed by atoms with E-state index in [1.54, 1.807) is 0 Å². The molecule has 0 aromatic rings. The fourth-order valence-corrected chi connectivity index (χ4v) is 2.04. The molecule has 2 aliphatic carbocycles. The van der Waals surface area contributed by atoms with E-state index in [2.05, 4.69) is 4.90 Å². The van der Waals surface area contributed by atoms with Gasteiger partial charge in [-0.2, -0.15) is 0 Å². The fourth-order valence-electron chi connectivity index (χ4n) is 2.04. The van der Waals surface area contributed by atoms with Gasteiger partial charge in [0.1, 0.15) is 0 Å². The molecule has 0 aliphatic heterocycles. The van der Waals surface area contributed by atoms with E-state index in [0.29, 0.717) is 19.1 Å². The lowest BCUT2D eigenvalue weighted by Crippen LogP contribution is -2.41. The maximum atomic E-state index is 11.9. The Morgan fingerprint density at radius 3 is 2.50 bits per heavy atom. The summed E-state index contributed by atoms with van der Waals surface area (Å²) in [4.78, 5) is 15.9. The molecule has 1 N–H and O–H groups in total. The Hall–Kier alpha value is -0.610. The van der Waals surface area contributed by atoms with Crippen LogP contribution in [0.3, 0.4) is 0 Å². The molecule has 92 valence electrons. The van der Waals surface area contributed by atoms with Crippen LogP contribution in [0.15, 0.2) is 0 Å². The molecule has 0 atom stereocenters. The number of nitrogens with zero attached hydrogens (tertiary/aromatic N) is 2. The standard InChI is InChI=1S/C12H22N2O2/c1-13(8-10-2-3-10)12(16)9-14(6-7-15)11-4-5-11/h10-11,15H,2-9H2,1H3. The van der Waals surface area contributed by atoms with Gasteiger partial charge in [0.05, 0.1) is 13.2 Å². The summed E-state index contributed by atoms with van der Waals surface area (Å²) in [7, 11) is 1.89. The second kappa shape index (κ2) is 5.15. The van der Waals surface area contributed by atoms with Gasteiger partial charge in [-0.3, -0.25) is 9.69 Å². The topological polar surface area (TPSA) is 43.8 Å². The van der Waals surface area contributed by atoms with Crippen LogP contribution < -0.4 is 0 Å². The van der Waals surface area contributed by atoms with Crippen LogP contribution >= 0.6 is 0 Å². The van der Waals surface area contributed by atoms with Crippen LogP contribution in [-0.2, 0) is 4.79 Å². The number of aliphatic hydroxyl groups is 1. The summed E-state index contributed by atoms with van der Waals surface area (Å²) in [5.41, 5.74) is 0. The normalized spacial score (nSPS) is 20.2. The van der Waals surface area contributed by atoms with Crippen molar-refractivity contribution in [3.8, 4) is 0 Å². The Labute approximate surface area is 97.2 Å². The molecular weight excluding hydrogens is 204 g/mol. The molecule has 0 heterocycles. The zero-order chi connectivity index (χ0) is 11.5. The second-order valence-corrected chi connectivity index (χ2v) is 5.14. The van der Waals surface area contributed by atoms with Gasteiger partial charge in [0.25, 0.3) is 0 Å². The van der Waals surface area contributed by atoms with Gasteiger partial charge < -0.3 is 10.0 Å². The summed E-state index contributed by atoms with van der Waals surface area (Å²) in [5, 5.41) is 8.95. The molecule has 0 bridgehead atoms. The van der Waals surface area contributed by atoms with Crippen LogP contribution in [0.1, 0.15) is 25.7 Å². The predicted octanol–water partition coefficient (Wildman–Crippen LogP) is 0.311. The molecule has 2 fully saturated rings. The van der Waals surface area contributed by atoms with Crippen molar-refractivity contribution in [3.05, 3.63) is 0 Å². The van der Waals surface area contributed by atoms with Gasteiger partial charge in [0.15, 0.2) is 0 Å². The first-order valence-corrected chi connectivity index (χ1v) is 6.29. The first-order chi connectivity index (χ1) is 7.70. The third-order valence-corrected chi connectivity index (χ3v) is 3.44. The number of hydrogen-bond donors (Lipinski definition) is 1. The van der Waals surface area contributed by atoms with Crippen LogP contribution in [0.25, 0.3) is 0 Å². The molecule has 4 heteroatoms. The number of likely N-dealkylation sites (N-methyl/N-ethyl adjacent to an activating group) is 1. The quantitative estimate of drug-likeness (QED) is 0.679. The third kappa shape index (κ3) is 3.46. The van der Waals surface area contributed by atoms with Crippen LogP contribution in [0.4, 0.5) is 0 Å². The van der Waals surface area contributed by atoms with Crippen molar-refractivity contribution < 1.29 is 9.90 Å². The summed E-state index contributed by atoms with van der Waals surface area (Å²) in [5.74, 6) is 0.952. The zero-order valence-electron chi connectivity index (χ0n) is 10.1. The van der Waals surface area contributed by atoms with Crippen molar-refractivity contribution in [2.45, 2.75) is 31.7 Å². The van der Waals surface area contributed by atoms with Gasteiger partial charge in [0, 0.05) is 26.2 Å². The minimum absolute atomic E-state index is 0.149. The summed E-state index contributed by atoms with van der Waals surface area (Å²) in [6, 6.07) is 0.547. The monoisotopic (exact) mass is 226 g/mol. The Balaban J connectivity index is 1.74. The number of carbonyl (C=O) groups excluding carboxylic acids is 1. The van der Waals surface area contributed by atoms with Crippen LogP contribution in [0.5, 0.6) is 0 Å². The first kappa shape index (κ1) is 11.9. The van der Waals surface area contributed by atoms with Gasteiger partial charge in [-0.25, -0.2) is 0 Å². The molecule has 0 unspecified atom stereocenters. The smallest absolute Gasteiger partial charge is 0.236 e. The molecular formula is C12H22N2O2. The molecule has 0 aromatic heterocycles. The Bertz CT molecular complexity index is 249. The fraction of sp³-hybridized carbons (Fsp3) is 0.917. The lowest BCUT2D eigenvalue weighted by molar-refractivity contribution is -0.131. The number of aliphatic hydroxyl groups excluding tert-OH is 1. The van der Waals surface area contributed by atoms with E-state index in [-0.39, 0.29) is 12.5 Å². The average Bonchev–Trinajstić information content (AvgIpc) is 3.10. The SMILES string of the molecule is CN(CC1CC1)C(=O)CN(CCO)C1CC1. The number of carbonyl (C=O) groups is 1. The van der Waals surface area contributed by atoms with E-state index in [0.717, 1.165) is 12.5 Å². The maximum absolute atomic E-state index is 11.9. The van der Waals surface area contributed by atoms with Crippen LogP contribution in [0.2, 0.25) is 0 Å². The molecule has 0 spiro atoms. The lowest BCUT2D eigenvalue weighted by Gasteiger charge is -2.24. The minimum Gasteiger partial charge on any atom is -0.395 e. The molecule has 4 nitrogen and oxygen atoms in total. The molecule has 2 aliphatic rings. The van der Waals surface area contributed by atoms with Crippen LogP contribution in [-0.4, -0.2) is 60.1 Å². The van der Waals surface area contributed by atoms with Crippen LogP contribution in [0, 0.1) is 5.92 Å². The summed E-state index contributed by atoms with van der Waals surface area (Å²) in [6.45, 7) is 2.18. The summed E-state index contributed by atoms with van der Waals surface area (Å²) >= 11 is 0. The van der Waals surface area contributed by atoms with Gasteiger partial charge in [-0.05, 0) is 31.6 Å². The lowest BCUT2D eigenvalue weighted by atomic mass is 10.3.